The average Bonchev–Trinajstić information content (AvgIpc) is 2.61. The molecular formula is C18H12Cl2N2O4. The first-order chi connectivity index (χ1) is 12.4. The van der Waals surface area contributed by atoms with Gasteiger partial charge in [-0.1, -0.05) is 53.5 Å². The van der Waals surface area contributed by atoms with E-state index in [0.717, 1.165) is 5.39 Å². The second-order valence-electron chi connectivity index (χ2n) is 5.37. The van der Waals surface area contributed by atoms with E-state index in [4.69, 9.17) is 23.2 Å². The molecule has 0 fully saturated rings. The normalized spacial score (nSPS) is 10.5. The van der Waals surface area contributed by atoms with Crippen LogP contribution in [0, 0.1) is 0 Å². The number of halogens is 2. The van der Waals surface area contributed by atoms with Gasteiger partial charge >= 0.3 is 11.8 Å². The minimum Gasteiger partial charge on any atom is -0.506 e. The number of benzene rings is 3. The van der Waals surface area contributed by atoms with Gasteiger partial charge < -0.3 is 20.8 Å². The highest BCUT2D eigenvalue weighted by Gasteiger charge is 2.19. The number of anilines is 2. The molecule has 0 radical (unpaired) electrons. The van der Waals surface area contributed by atoms with Gasteiger partial charge in [0.25, 0.3) is 0 Å². The summed E-state index contributed by atoms with van der Waals surface area (Å²) in [5.41, 5.74) is 0.00129. The topological polar surface area (TPSA) is 98.7 Å². The van der Waals surface area contributed by atoms with Crippen LogP contribution in [-0.4, -0.2) is 22.0 Å². The lowest BCUT2D eigenvalue weighted by Crippen LogP contribution is -2.29. The van der Waals surface area contributed by atoms with Crippen LogP contribution >= 0.6 is 23.2 Å². The summed E-state index contributed by atoms with van der Waals surface area (Å²) in [6.45, 7) is 0. The number of carbonyl (C=O) groups is 2. The van der Waals surface area contributed by atoms with Crippen LogP contribution in [0.3, 0.4) is 0 Å². The molecule has 6 nitrogen and oxygen atoms in total. The van der Waals surface area contributed by atoms with E-state index >= 15 is 0 Å². The molecule has 3 aromatic carbocycles. The predicted molar refractivity (Wildman–Crippen MR) is 101 cm³/mol. The summed E-state index contributed by atoms with van der Waals surface area (Å²) >= 11 is 11.6. The molecule has 0 aliphatic carbocycles. The van der Waals surface area contributed by atoms with Crippen molar-refractivity contribution in [3.05, 3.63) is 58.6 Å². The van der Waals surface area contributed by atoms with E-state index in [1.165, 1.54) is 18.2 Å². The fraction of sp³-hybridized carbons (Fsp3) is 0. The first-order valence-corrected chi connectivity index (χ1v) is 8.13. The molecule has 0 saturated heterocycles. The van der Waals surface area contributed by atoms with Crippen LogP contribution in [0.4, 0.5) is 11.4 Å². The third-order valence-corrected chi connectivity index (χ3v) is 4.13. The van der Waals surface area contributed by atoms with Gasteiger partial charge in [-0.15, -0.1) is 0 Å². The molecule has 0 aliphatic rings. The van der Waals surface area contributed by atoms with Crippen LogP contribution < -0.4 is 10.6 Å². The number of carbonyl (C=O) groups excluding carboxylic acids is 2. The molecule has 2 amide bonds. The van der Waals surface area contributed by atoms with Crippen molar-refractivity contribution in [3.8, 4) is 11.5 Å². The van der Waals surface area contributed by atoms with Gasteiger partial charge in [-0.05, 0) is 23.6 Å². The smallest absolute Gasteiger partial charge is 0.314 e. The highest BCUT2D eigenvalue weighted by molar-refractivity contribution is 6.45. The number of aromatic hydroxyl groups is 2. The number of hydrogen-bond donors (Lipinski definition) is 4. The second-order valence-corrected chi connectivity index (χ2v) is 6.22. The van der Waals surface area contributed by atoms with Gasteiger partial charge in [0.05, 0.1) is 16.4 Å². The fourth-order valence-corrected chi connectivity index (χ4v) is 2.90. The Bertz CT molecular complexity index is 1040. The summed E-state index contributed by atoms with van der Waals surface area (Å²) in [4.78, 5) is 24.3. The summed E-state index contributed by atoms with van der Waals surface area (Å²) in [7, 11) is 0. The van der Waals surface area contributed by atoms with Crippen molar-refractivity contribution in [2.45, 2.75) is 0 Å². The number of hydrogen-bond acceptors (Lipinski definition) is 4. The van der Waals surface area contributed by atoms with Crippen molar-refractivity contribution in [1.29, 1.82) is 0 Å². The second kappa shape index (κ2) is 7.11. The molecule has 8 heteroatoms. The van der Waals surface area contributed by atoms with E-state index in [9.17, 15) is 19.8 Å². The molecule has 0 spiro atoms. The van der Waals surface area contributed by atoms with Gasteiger partial charge in [-0.25, -0.2) is 0 Å². The highest BCUT2D eigenvalue weighted by atomic mass is 35.5. The zero-order valence-corrected chi connectivity index (χ0v) is 14.6. The van der Waals surface area contributed by atoms with Gasteiger partial charge in [-0.3, -0.25) is 9.59 Å². The first kappa shape index (κ1) is 17.8. The summed E-state index contributed by atoms with van der Waals surface area (Å²) < 4.78 is 0. The summed E-state index contributed by atoms with van der Waals surface area (Å²) in [5.74, 6) is -2.69. The van der Waals surface area contributed by atoms with Crippen molar-refractivity contribution in [2.75, 3.05) is 10.6 Å². The molecule has 3 aromatic rings. The van der Waals surface area contributed by atoms with Crippen LogP contribution in [-0.2, 0) is 9.59 Å². The van der Waals surface area contributed by atoms with E-state index in [1.807, 2.05) is 6.07 Å². The molecule has 3 rings (SSSR count). The number of phenols is 2. The van der Waals surface area contributed by atoms with Gasteiger partial charge in [0.2, 0.25) is 0 Å². The molecular weight excluding hydrogens is 379 g/mol. The Balaban J connectivity index is 1.85. The van der Waals surface area contributed by atoms with Crippen LogP contribution in [0.2, 0.25) is 10.0 Å². The van der Waals surface area contributed by atoms with Gasteiger partial charge in [0.15, 0.2) is 5.75 Å². The maximum atomic E-state index is 12.2. The van der Waals surface area contributed by atoms with Crippen molar-refractivity contribution >= 4 is 57.2 Å². The molecule has 132 valence electrons. The van der Waals surface area contributed by atoms with Crippen LogP contribution in [0.5, 0.6) is 11.5 Å². The molecule has 0 heterocycles. The molecule has 4 N–H and O–H groups in total. The largest absolute Gasteiger partial charge is 0.506 e. The predicted octanol–water partition coefficient (Wildman–Crippen LogP) is 4.14. The van der Waals surface area contributed by atoms with Gasteiger partial charge in [0.1, 0.15) is 5.75 Å². The van der Waals surface area contributed by atoms with Crippen LogP contribution in [0.15, 0.2) is 48.5 Å². The van der Waals surface area contributed by atoms with E-state index in [0.29, 0.717) is 5.39 Å². The number of phenolic OH excluding ortho intramolecular Hbond substituents is 2. The maximum Gasteiger partial charge on any atom is 0.314 e. The lowest BCUT2D eigenvalue weighted by molar-refractivity contribution is -0.133. The molecule has 0 aliphatic heterocycles. The quantitative estimate of drug-likeness (QED) is 0.390. The number of amides is 2. The molecule has 0 unspecified atom stereocenters. The van der Waals surface area contributed by atoms with E-state index in [1.54, 1.807) is 24.3 Å². The Morgan fingerprint density at radius 2 is 1.58 bits per heavy atom. The Labute approximate surface area is 158 Å². The molecule has 0 atom stereocenters. The minimum atomic E-state index is -1.06. The average molecular weight is 391 g/mol. The van der Waals surface area contributed by atoms with Crippen LogP contribution in [0.1, 0.15) is 0 Å². The SMILES string of the molecule is O=C(Nc1cc(Cl)cc(Cl)c1O)C(=O)Nc1c(O)ccc2ccccc12. The lowest BCUT2D eigenvalue weighted by atomic mass is 10.1. The number of fused-ring (bicyclic) bond motifs is 1. The molecule has 0 bridgehead atoms. The van der Waals surface area contributed by atoms with E-state index < -0.39 is 17.6 Å². The van der Waals surface area contributed by atoms with Crippen LogP contribution in [0.25, 0.3) is 10.8 Å². The Morgan fingerprint density at radius 3 is 2.35 bits per heavy atom. The van der Waals surface area contributed by atoms with Crippen molar-refractivity contribution in [2.24, 2.45) is 0 Å². The van der Waals surface area contributed by atoms with Crippen molar-refractivity contribution in [1.82, 2.24) is 0 Å². The van der Waals surface area contributed by atoms with Gasteiger partial charge in [0, 0.05) is 10.4 Å². The Hall–Kier alpha value is -2.96. The van der Waals surface area contributed by atoms with E-state index in [2.05, 4.69) is 10.6 Å². The summed E-state index contributed by atoms with van der Waals surface area (Å²) in [6.07, 6.45) is 0. The Morgan fingerprint density at radius 1 is 0.885 bits per heavy atom. The number of rotatable bonds is 2. The molecule has 0 saturated carbocycles. The van der Waals surface area contributed by atoms with Gasteiger partial charge in [-0.2, -0.15) is 0 Å². The lowest BCUT2D eigenvalue weighted by Gasteiger charge is -2.12. The number of nitrogens with one attached hydrogen (secondary N) is 2. The zero-order chi connectivity index (χ0) is 18.8. The standard InChI is InChI=1S/C18H12Cl2N2O4/c19-10-7-12(20)16(24)13(8-10)21-17(25)18(26)22-15-11-4-2-1-3-9(11)5-6-14(15)23/h1-8,23-24H,(H,21,25)(H,22,26). The maximum absolute atomic E-state index is 12.2. The minimum absolute atomic E-state index is 0.0695. The summed E-state index contributed by atoms with van der Waals surface area (Å²) in [5, 5.41) is 25.9. The third-order valence-electron chi connectivity index (χ3n) is 3.63. The van der Waals surface area contributed by atoms with Crippen molar-refractivity contribution in [3.63, 3.8) is 0 Å². The zero-order valence-electron chi connectivity index (χ0n) is 13.1. The summed E-state index contributed by atoms with van der Waals surface area (Å²) in [6, 6.07) is 12.7. The first-order valence-electron chi connectivity index (χ1n) is 7.38. The monoisotopic (exact) mass is 390 g/mol. The van der Waals surface area contributed by atoms with Crippen molar-refractivity contribution < 1.29 is 19.8 Å². The van der Waals surface area contributed by atoms with E-state index in [-0.39, 0.29) is 27.2 Å². The third kappa shape index (κ3) is 3.51. The molecule has 0 aromatic heterocycles. The Kier molecular flexibility index (Phi) is 4.88. The molecule has 26 heavy (non-hydrogen) atoms. The highest BCUT2D eigenvalue weighted by Crippen LogP contribution is 2.35. The fourth-order valence-electron chi connectivity index (χ4n) is 2.40.